The molecule has 9 heteroatoms. The summed E-state index contributed by atoms with van der Waals surface area (Å²) >= 11 is 0. The lowest BCUT2D eigenvalue weighted by atomic mass is 9.82. The zero-order valence-corrected chi connectivity index (χ0v) is 20.8. The Hall–Kier alpha value is -3.82. The second kappa shape index (κ2) is 10.3. The van der Waals surface area contributed by atoms with Gasteiger partial charge in [-0.3, -0.25) is 14.3 Å². The van der Waals surface area contributed by atoms with Crippen LogP contribution in [0.4, 0.5) is 11.4 Å². The second-order valence-electron chi connectivity index (χ2n) is 9.59. The second-order valence-corrected chi connectivity index (χ2v) is 9.59. The van der Waals surface area contributed by atoms with Crippen molar-refractivity contribution in [2.24, 2.45) is 5.92 Å². The molecule has 0 spiro atoms. The Morgan fingerprint density at radius 3 is 2.68 bits per heavy atom. The SMILES string of the molecule is C[C@@H](/C=C/CCn1cc(CCO)nn1)[C@]1(O)C(=O)N(Cc2ccccc2)c2ccc(N3CCC3=O)cc21. The summed E-state index contributed by atoms with van der Waals surface area (Å²) < 4.78 is 1.71. The molecule has 0 radical (unpaired) electrons. The molecule has 2 aliphatic heterocycles. The largest absolute Gasteiger partial charge is 0.396 e. The van der Waals surface area contributed by atoms with Gasteiger partial charge in [-0.05, 0) is 30.2 Å². The highest BCUT2D eigenvalue weighted by Gasteiger charge is 2.52. The summed E-state index contributed by atoms with van der Waals surface area (Å²) in [4.78, 5) is 29.2. The van der Waals surface area contributed by atoms with Crippen LogP contribution in [0.25, 0.3) is 0 Å². The molecule has 9 nitrogen and oxygen atoms in total. The predicted octanol–water partition coefficient (Wildman–Crippen LogP) is 2.57. The van der Waals surface area contributed by atoms with Crippen molar-refractivity contribution < 1.29 is 19.8 Å². The maximum absolute atomic E-state index is 13.8. The van der Waals surface area contributed by atoms with Crippen molar-refractivity contribution in [3.63, 3.8) is 0 Å². The van der Waals surface area contributed by atoms with E-state index >= 15 is 0 Å². The Labute approximate surface area is 215 Å². The number of anilines is 2. The average molecular weight is 502 g/mol. The topological polar surface area (TPSA) is 112 Å². The van der Waals surface area contributed by atoms with Crippen LogP contribution in [0.5, 0.6) is 0 Å². The summed E-state index contributed by atoms with van der Waals surface area (Å²) in [6.07, 6.45) is 7.21. The van der Waals surface area contributed by atoms with Crippen LogP contribution in [0, 0.1) is 5.92 Å². The van der Waals surface area contributed by atoms with E-state index in [0.717, 1.165) is 11.3 Å². The van der Waals surface area contributed by atoms with Crippen molar-refractivity contribution in [1.82, 2.24) is 15.0 Å². The number of aliphatic hydroxyl groups is 2. The molecule has 0 saturated carbocycles. The van der Waals surface area contributed by atoms with Gasteiger partial charge in [0.1, 0.15) is 0 Å². The third-order valence-electron chi connectivity index (χ3n) is 7.16. The van der Waals surface area contributed by atoms with Gasteiger partial charge in [0.2, 0.25) is 5.91 Å². The first-order valence-electron chi connectivity index (χ1n) is 12.6. The molecular formula is C28H31N5O4. The zero-order chi connectivity index (χ0) is 26.0. The smallest absolute Gasteiger partial charge is 0.264 e. The van der Waals surface area contributed by atoms with Gasteiger partial charge in [0.05, 0.1) is 17.9 Å². The van der Waals surface area contributed by atoms with Crippen molar-refractivity contribution in [3.05, 3.63) is 83.7 Å². The maximum atomic E-state index is 13.8. The molecule has 1 fully saturated rings. The van der Waals surface area contributed by atoms with E-state index in [9.17, 15) is 14.7 Å². The summed E-state index contributed by atoms with van der Waals surface area (Å²) in [7, 11) is 0. The first-order chi connectivity index (χ1) is 17.9. The zero-order valence-electron chi connectivity index (χ0n) is 20.8. The molecule has 192 valence electrons. The molecule has 5 rings (SSSR count). The standard InChI is InChI=1S/C28H31N5O4/c1-20(7-5-6-14-31-19-22(13-16-34)29-30-31)28(37)24-17-23(32-15-12-26(32)35)10-11-25(24)33(27(28)36)18-21-8-3-2-4-9-21/h2-5,7-11,17,19-20,34,37H,6,12-16,18H2,1H3/b7-5+/t20-,28+/m0/s1. The number of fused-ring (bicyclic) bond motifs is 1. The highest BCUT2D eigenvalue weighted by molar-refractivity contribution is 6.08. The molecule has 1 aromatic heterocycles. The number of carbonyl (C=O) groups is 2. The molecule has 2 N–H and O–H groups in total. The summed E-state index contributed by atoms with van der Waals surface area (Å²) in [5.74, 6) is -0.847. The molecule has 2 amide bonds. The van der Waals surface area contributed by atoms with Crippen LogP contribution in [0.15, 0.2) is 66.9 Å². The van der Waals surface area contributed by atoms with E-state index in [1.807, 2.05) is 61.5 Å². The predicted molar refractivity (Wildman–Crippen MR) is 139 cm³/mol. The first-order valence-corrected chi connectivity index (χ1v) is 12.6. The fourth-order valence-corrected chi connectivity index (χ4v) is 4.94. The van der Waals surface area contributed by atoms with Gasteiger partial charge in [0.25, 0.3) is 5.91 Å². The minimum atomic E-state index is -1.76. The highest BCUT2D eigenvalue weighted by Crippen LogP contribution is 2.47. The Bertz CT molecular complexity index is 1320. The van der Waals surface area contributed by atoms with Crippen LogP contribution in [0.3, 0.4) is 0 Å². The molecule has 1 saturated heterocycles. The maximum Gasteiger partial charge on any atom is 0.264 e. The van der Waals surface area contributed by atoms with E-state index in [4.69, 9.17) is 5.11 Å². The molecule has 2 atom stereocenters. The number of benzene rings is 2. The van der Waals surface area contributed by atoms with Crippen molar-refractivity contribution in [2.75, 3.05) is 23.0 Å². The summed E-state index contributed by atoms with van der Waals surface area (Å²) in [5.41, 5.74) is 1.82. The van der Waals surface area contributed by atoms with Gasteiger partial charge in [-0.1, -0.05) is 54.6 Å². The lowest BCUT2D eigenvalue weighted by Gasteiger charge is -2.32. The van der Waals surface area contributed by atoms with Gasteiger partial charge < -0.3 is 20.0 Å². The molecule has 0 aliphatic carbocycles. The number of amides is 2. The number of hydrogen-bond donors (Lipinski definition) is 2. The number of aryl methyl sites for hydroxylation is 1. The van der Waals surface area contributed by atoms with Gasteiger partial charge in [-0.15, -0.1) is 5.10 Å². The lowest BCUT2D eigenvalue weighted by Crippen LogP contribution is -2.44. The van der Waals surface area contributed by atoms with E-state index in [1.165, 1.54) is 0 Å². The summed E-state index contributed by atoms with van der Waals surface area (Å²) in [6, 6.07) is 15.2. The van der Waals surface area contributed by atoms with Gasteiger partial charge in [-0.2, -0.15) is 0 Å². The molecule has 0 bridgehead atoms. The van der Waals surface area contributed by atoms with Crippen LogP contribution in [-0.2, 0) is 34.7 Å². The van der Waals surface area contributed by atoms with Crippen LogP contribution in [0.2, 0.25) is 0 Å². The molecule has 2 aliphatic rings. The number of hydrogen-bond acceptors (Lipinski definition) is 6. The number of allylic oxidation sites excluding steroid dienone is 1. The van der Waals surface area contributed by atoms with E-state index in [1.54, 1.807) is 26.7 Å². The van der Waals surface area contributed by atoms with Crippen molar-refractivity contribution >= 4 is 23.2 Å². The monoisotopic (exact) mass is 501 g/mol. The van der Waals surface area contributed by atoms with E-state index in [-0.39, 0.29) is 18.4 Å². The Balaban J connectivity index is 1.39. The average Bonchev–Trinajstić information content (AvgIpc) is 3.43. The fraction of sp³-hybridized carbons (Fsp3) is 0.357. The van der Waals surface area contributed by atoms with Crippen LogP contribution >= 0.6 is 0 Å². The first kappa shape index (κ1) is 24.9. The number of β-lactam (4-membered cyclic amide) rings is 1. The normalized spacial score (nSPS) is 20.0. The van der Waals surface area contributed by atoms with Crippen LogP contribution < -0.4 is 9.80 Å². The van der Waals surface area contributed by atoms with Crippen LogP contribution in [-0.4, -0.2) is 50.2 Å². The third kappa shape index (κ3) is 4.68. The van der Waals surface area contributed by atoms with Crippen LogP contribution in [0.1, 0.15) is 36.6 Å². The molecule has 3 aromatic rings. The van der Waals surface area contributed by atoms with Gasteiger partial charge in [0.15, 0.2) is 5.60 Å². The van der Waals surface area contributed by atoms with Gasteiger partial charge >= 0.3 is 0 Å². The molecule has 37 heavy (non-hydrogen) atoms. The molecule has 2 aromatic carbocycles. The fourth-order valence-electron chi connectivity index (χ4n) is 4.94. The number of rotatable bonds is 10. The molecular weight excluding hydrogens is 470 g/mol. The third-order valence-corrected chi connectivity index (χ3v) is 7.16. The minimum absolute atomic E-state index is 0.0269. The number of aromatic nitrogens is 3. The van der Waals surface area contributed by atoms with Crippen molar-refractivity contribution in [1.29, 1.82) is 0 Å². The van der Waals surface area contributed by atoms with Crippen molar-refractivity contribution in [2.45, 2.75) is 44.9 Å². The lowest BCUT2D eigenvalue weighted by molar-refractivity contribution is -0.139. The highest BCUT2D eigenvalue weighted by atomic mass is 16.3. The minimum Gasteiger partial charge on any atom is -0.396 e. The van der Waals surface area contributed by atoms with E-state index in [2.05, 4.69) is 10.3 Å². The van der Waals surface area contributed by atoms with Gasteiger partial charge in [-0.25, -0.2) is 0 Å². The summed E-state index contributed by atoms with van der Waals surface area (Å²) in [6.45, 7) is 3.43. The molecule has 0 unspecified atom stereocenters. The van der Waals surface area contributed by atoms with E-state index in [0.29, 0.717) is 55.8 Å². The van der Waals surface area contributed by atoms with E-state index < -0.39 is 11.5 Å². The number of nitrogens with zero attached hydrogens (tertiary/aromatic N) is 5. The molecule has 3 heterocycles. The Kier molecular flexibility index (Phi) is 6.90. The van der Waals surface area contributed by atoms with Gasteiger partial charge in [0, 0.05) is 55.9 Å². The van der Waals surface area contributed by atoms with Crippen molar-refractivity contribution in [3.8, 4) is 0 Å². The summed E-state index contributed by atoms with van der Waals surface area (Å²) in [5, 5.41) is 29.1. The Morgan fingerprint density at radius 2 is 1.97 bits per heavy atom. The Morgan fingerprint density at radius 1 is 1.16 bits per heavy atom. The quantitative estimate of drug-likeness (QED) is 0.326. The number of carbonyl (C=O) groups excluding carboxylic acids is 2. The number of aliphatic hydroxyl groups excluding tert-OH is 1.